The lowest BCUT2D eigenvalue weighted by Crippen LogP contribution is -2.11. The average molecular weight is 383 g/mol. The molecule has 0 N–H and O–H groups in total. The third-order valence-electron chi connectivity index (χ3n) is 3.28. The van der Waals surface area contributed by atoms with Gasteiger partial charge in [-0.2, -0.15) is 0 Å². The fourth-order valence-electron chi connectivity index (χ4n) is 2.17. The van der Waals surface area contributed by atoms with Gasteiger partial charge in [-0.3, -0.25) is 0 Å². The predicted octanol–water partition coefficient (Wildman–Crippen LogP) is 5.73. The van der Waals surface area contributed by atoms with E-state index in [1.807, 2.05) is 0 Å². The van der Waals surface area contributed by atoms with Gasteiger partial charge in [0.1, 0.15) is 0 Å². The molecule has 0 aliphatic carbocycles. The fraction of sp³-hybridized carbons (Fsp3) is 0.250. The summed E-state index contributed by atoms with van der Waals surface area (Å²) in [5.41, 5.74) is 6.28. The molecule has 19 heavy (non-hydrogen) atoms. The maximum absolute atomic E-state index is 3.62. The van der Waals surface area contributed by atoms with E-state index >= 15 is 0 Å². The van der Waals surface area contributed by atoms with Crippen LogP contribution in [-0.2, 0) is 5.33 Å². The van der Waals surface area contributed by atoms with Crippen molar-refractivity contribution in [3.05, 3.63) is 57.6 Å². The zero-order chi connectivity index (χ0) is 14.0. The van der Waals surface area contributed by atoms with E-state index in [0.29, 0.717) is 0 Å². The van der Waals surface area contributed by atoms with E-state index in [2.05, 4.69) is 94.1 Å². The van der Waals surface area contributed by atoms with E-state index in [1.165, 1.54) is 28.1 Å². The van der Waals surface area contributed by atoms with Gasteiger partial charge in [0.15, 0.2) is 0 Å². The molecule has 0 atom stereocenters. The van der Waals surface area contributed by atoms with Crippen molar-refractivity contribution >= 4 is 43.2 Å². The first-order valence-corrected chi connectivity index (χ1v) is 8.09. The van der Waals surface area contributed by atoms with Gasteiger partial charge in [-0.05, 0) is 43.2 Å². The summed E-state index contributed by atoms with van der Waals surface area (Å²) in [5.74, 6) is 0. The Kier molecular flexibility index (Phi) is 4.69. The third kappa shape index (κ3) is 3.21. The van der Waals surface area contributed by atoms with Crippen LogP contribution in [0.2, 0.25) is 0 Å². The first-order valence-electron chi connectivity index (χ1n) is 6.18. The standard InChI is InChI=1S/C16H17Br2N/c1-11-4-7-16(12(2)8-11)19(3)14-6-5-13(10-17)15(18)9-14/h4-9H,10H2,1-3H3. The van der Waals surface area contributed by atoms with Gasteiger partial charge in [-0.25, -0.2) is 0 Å². The van der Waals surface area contributed by atoms with Crippen LogP contribution in [0.3, 0.4) is 0 Å². The Bertz CT molecular complexity index is 593. The lowest BCUT2D eigenvalue weighted by Gasteiger charge is -2.22. The molecule has 3 heteroatoms. The summed E-state index contributed by atoms with van der Waals surface area (Å²) in [6.07, 6.45) is 0. The first kappa shape index (κ1) is 14.6. The van der Waals surface area contributed by atoms with Gasteiger partial charge in [0.05, 0.1) is 0 Å². The van der Waals surface area contributed by atoms with Gasteiger partial charge in [0.25, 0.3) is 0 Å². The quantitative estimate of drug-likeness (QED) is 0.612. The number of hydrogen-bond donors (Lipinski definition) is 0. The maximum atomic E-state index is 3.62. The van der Waals surface area contributed by atoms with Crippen molar-refractivity contribution in [3.63, 3.8) is 0 Å². The number of rotatable bonds is 3. The minimum atomic E-state index is 0.862. The molecule has 0 bridgehead atoms. The molecular weight excluding hydrogens is 366 g/mol. The zero-order valence-corrected chi connectivity index (χ0v) is 14.5. The molecule has 0 spiro atoms. The van der Waals surface area contributed by atoms with Crippen LogP contribution in [0.5, 0.6) is 0 Å². The van der Waals surface area contributed by atoms with Gasteiger partial charge in [-0.15, -0.1) is 0 Å². The summed E-state index contributed by atoms with van der Waals surface area (Å²) in [6, 6.07) is 13.0. The number of halogens is 2. The highest BCUT2D eigenvalue weighted by Gasteiger charge is 2.09. The molecule has 2 aromatic carbocycles. The molecule has 2 rings (SSSR count). The molecule has 0 aromatic heterocycles. The molecule has 0 aliphatic rings. The van der Waals surface area contributed by atoms with Crippen LogP contribution in [-0.4, -0.2) is 7.05 Å². The minimum absolute atomic E-state index is 0.862. The van der Waals surface area contributed by atoms with Gasteiger partial charge >= 0.3 is 0 Å². The summed E-state index contributed by atoms with van der Waals surface area (Å²) < 4.78 is 1.14. The SMILES string of the molecule is Cc1ccc(N(C)c2ccc(CBr)c(Br)c2)c(C)c1. The van der Waals surface area contributed by atoms with E-state index in [-0.39, 0.29) is 0 Å². The maximum Gasteiger partial charge on any atom is 0.0437 e. The molecule has 0 unspecified atom stereocenters. The van der Waals surface area contributed by atoms with Crippen molar-refractivity contribution in [2.45, 2.75) is 19.2 Å². The Morgan fingerprint density at radius 2 is 1.79 bits per heavy atom. The molecular formula is C16H17Br2N. The topological polar surface area (TPSA) is 3.24 Å². The Hall–Kier alpha value is -0.800. The second-order valence-electron chi connectivity index (χ2n) is 4.76. The van der Waals surface area contributed by atoms with Crippen molar-refractivity contribution in [3.8, 4) is 0 Å². The van der Waals surface area contributed by atoms with Crippen LogP contribution in [0.25, 0.3) is 0 Å². The van der Waals surface area contributed by atoms with Gasteiger partial charge < -0.3 is 4.90 Å². The average Bonchev–Trinajstić information content (AvgIpc) is 2.38. The normalized spacial score (nSPS) is 10.6. The van der Waals surface area contributed by atoms with E-state index < -0.39 is 0 Å². The Morgan fingerprint density at radius 3 is 2.37 bits per heavy atom. The molecule has 0 aliphatic heterocycles. The smallest absolute Gasteiger partial charge is 0.0437 e. The number of alkyl halides is 1. The van der Waals surface area contributed by atoms with Gasteiger partial charge in [-0.1, -0.05) is 55.6 Å². The largest absolute Gasteiger partial charge is 0.344 e. The van der Waals surface area contributed by atoms with Crippen molar-refractivity contribution < 1.29 is 0 Å². The van der Waals surface area contributed by atoms with Crippen molar-refractivity contribution in [2.24, 2.45) is 0 Å². The lowest BCUT2D eigenvalue weighted by atomic mass is 10.1. The highest BCUT2D eigenvalue weighted by Crippen LogP contribution is 2.31. The molecule has 0 saturated heterocycles. The molecule has 1 nitrogen and oxygen atoms in total. The van der Waals surface area contributed by atoms with E-state index in [4.69, 9.17) is 0 Å². The second kappa shape index (κ2) is 6.10. The van der Waals surface area contributed by atoms with Crippen LogP contribution < -0.4 is 4.90 Å². The minimum Gasteiger partial charge on any atom is -0.344 e. The summed E-state index contributed by atoms with van der Waals surface area (Å²) in [7, 11) is 2.10. The van der Waals surface area contributed by atoms with Crippen molar-refractivity contribution in [2.75, 3.05) is 11.9 Å². The number of hydrogen-bond acceptors (Lipinski definition) is 1. The van der Waals surface area contributed by atoms with Gasteiger partial charge in [0, 0.05) is 28.2 Å². The van der Waals surface area contributed by atoms with E-state index in [0.717, 1.165) is 9.80 Å². The molecule has 0 radical (unpaired) electrons. The Labute approximate surface area is 131 Å². The molecule has 0 amide bonds. The van der Waals surface area contributed by atoms with Crippen LogP contribution >= 0.6 is 31.9 Å². The van der Waals surface area contributed by atoms with Crippen LogP contribution in [0.1, 0.15) is 16.7 Å². The summed E-state index contributed by atoms with van der Waals surface area (Å²) >= 11 is 7.11. The van der Waals surface area contributed by atoms with Crippen molar-refractivity contribution in [1.29, 1.82) is 0 Å². The lowest BCUT2D eigenvalue weighted by molar-refractivity contribution is 1.17. The fourth-order valence-corrected chi connectivity index (χ4v) is 3.55. The Morgan fingerprint density at radius 1 is 1.05 bits per heavy atom. The summed E-state index contributed by atoms with van der Waals surface area (Å²) in [6.45, 7) is 4.28. The number of anilines is 2. The molecule has 2 aromatic rings. The summed E-state index contributed by atoms with van der Waals surface area (Å²) in [5, 5.41) is 0.862. The predicted molar refractivity (Wildman–Crippen MR) is 90.8 cm³/mol. The third-order valence-corrected chi connectivity index (χ3v) is 4.62. The molecule has 0 saturated carbocycles. The van der Waals surface area contributed by atoms with E-state index in [9.17, 15) is 0 Å². The number of aryl methyl sites for hydroxylation is 2. The molecule has 100 valence electrons. The van der Waals surface area contributed by atoms with Crippen LogP contribution in [0.4, 0.5) is 11.4 Å². The highest BCUT2D eigenvalue weighted by molar-refractivity contribution is 9.10. The second-order valence-corrected chi connectivity index (χ2v) is 6.17. The van der Waals surface area contributed by atoms with Gasteiger partial charge in [0.2, 0.25) is 0 Å². The Balaban J connectivity index is 2.38. The zero-order valence-electron chi connectivity index (χ0n) is 11.4. The van der Waals surface area contributed by atoms with Crippen LogP contribution in [0.15, 0.2) is 40.9 Å². The first-order chi connectivity index (χ1) is 9.02. The molecule has 0 fully saturated rings. The van der Waals surface area contributed by atoms with Crippen molar-refractivity contribution in [1.82, 2.24) is 0 Å². The summed E-state index contributed by atoms with van der Waals surface area (Å²) in [4.78, 5) is 2.22. The van der Waals surface area contributed by atoms with Crippen LogP contribution in [0, 0.1) is 13.8 Å². The highest BCUT2D eigenvalue weighted by atomic mass is 79.9. The monoisotopic (exact) mass is 381 g/mol. The molecule has 0 heterocycles. The number of nitrogens with zero attached hydrogens (tertiary/aromatic N) is 1. The van der Waals surface area contributed by atoms with E-state index in [1.54, 1.807) is 0 Å². The number of benzene rings is 2.